The fourth-order valence-electron chi connectivity index (χ4n) is 1.98. The van der Waals surface area contributed by atoms with Gasteiger partial charge in [0.05, 0.1) is 11.7 Å². The van der Waals surface area contributed by atoms with E-state index in [1.807, 2.05) is 35.1 Å². The number of hydrogen-bond acceptors (Lipinski definition) is 4. The largest absolute Gasteiger partial charge is 0.385 e. The number of methoxy groups -OCH3 is 1. The van der Waals surface area contributed by atoms with Crippen molar-refractivity contribution in [2.24, 2.45) is 5.84 Å². The summed E-state index contributed by atoms with van der Waals surface area (Å²) in [5, 5.41) is 4.31. The minimum Gasteiger partial charge on any atom is -0.385 e. The van der Waals surface area contributed by atoms with Gasteiger partial charge >= 0.3 is 0 Å². The third-order valence-electron chi connectivity index (χ3n) is 2.87. The van der Waals surface area contributed by atoms with Crippen molar-refractivity contribution in [3.63, 3.8) is 0 Å². The van der Waals surface area contributed by atoms with Crippen LogP contribution in [0.5, 0.6) is 0 Å². The van der Waals surface area contributed by atoms with Crippen LogP contribution in [-0.2, 0) is 4.74 Å². The minimum atomic E-state index is 0.116. The van der Waals surface area contributed by atoms with Gasteiger partial charge in [0.15, 0.2) is 0 Å². The van der Waals surface area contributed by atoms with E-state index >= 15 is 0 Å². The van der Waals surface area contributed by atoms with Crippen molar-refractivity contribution >= 4 is 5.52 Å². The third kappa shape index (κ3) is 2.63. The number of ether oxygens (including phenoxy) is 1. The number of rotatable bonds is 6. The standard InChI is InChI=1S/C12H18N4O/c1-17-8-4-5-11(15-13)10-9-14-16-7-3-2-6-12(10)16/h2-3,6-7,9,11,15H,4-5,8,13H2,1H3. The van der Waals surface area contributed by atoms with Crippen molar-refractivity contribution in [1.82, 2.24) is 15.0 Å². The molecule has 0 saturated heterocycles. The van der Waals surface area contributed by atoms with E-state index in [0.717, 1.165) is 30.5 Å². The average Bonchev–Trinajstić information content (AvgIpc) is 2.79. The Labute approximate surface area is 101 Å². The highest BCUT2D eigenvalue weighted by Crippen LogP contribution is 2.22. The number of nitrogens with two attached hydrogens (primary N) is 1. The van der Waals surface area contributed by atoms with Crippen LogP contribution in [0.4, 0.5) is 0 Å². The van der Waals surface area contributed by atoms with Gasteiger partial charge in [-0.15, -0.1) is 0 Å². The van der Waals surface area contributed by atoms with E-state index in [0.29, 0.717) is 0 Å². The smallest absolute Gasteiger partial charge is 0.0709 e. The fourth-order valence-corrected chi connectivity index (χ4v) is 1.98. The van der Waals surface area contributed by atoms with Gasteiger partial charge in [-0.3, -0.25) is 11.3 Å². The van der Waals surface area contributed by atoms with Gasteiger partial charge < -0.3 is 4.74 Å². The second-order valence-corrected chi connectivity index (χ2v) is 3.98. The number of aromatic nitrogens is 2. The molecule has 0 aromatic carbocycles. The van der Waals surface area contributed by atoms with E-state index in [1.54, 1.807) is 7.11 Å². The van der Waals surface area contributed by atoms with E-state index in [9.17, 15) is 0 Å². The maximum Gasteiger partial charge on any atom is 0.0709 e. The summed E-state index contributed by atoms with van der Waals surface area (Å²) in [6.07, 6.45) is 5.70. The molecule has 0 bridgehead atoms. The average molecular weight is 234 g/mol. The Hall–Kier alpha value is -1.43. The molecule has 3 N–H and O–H groups in total. The summed E-state index contributed by atoms with van der Waals surface area (Å²) in [7, 11) is 1.71. The molecule has 2 rings (SSSR count). The highest BCUT2D eigenvalue weighted by molar-refractivity contribution is 5.54. The molecule has 2 aromatic heterocycles. The molecule has 2 aromatic rings. The number of nitrogens with one attached hydrogen (secondary N) is 1. The maximum absolute atomic E-state index is 5.61. The first-order valence-corrected chi connectivity index (χ1v) is 5.74. The lowest BCUT2D eigenvalue weighted by Gasteiger charge is -2.14. The molecule has 0 spiro atoms. The van der Waals surface area contributed by atoms with Gasteiger partial charge in [-0.1, -0.05) is 6.07 Å². The molecule has 5 heteroatoms. The molecule has 0 saturated carbocycles. The predicted molar refractivity (Wildman–Crippen MR) is 66.4 cm³/mol. The predicted octanol–water partition coefficient (Wildman–Crippen LogP) is 1.27. The fraction of sp³-hybridized carbons (Fsp3) is 0.417. The van der Waals surface area contributed by atoms with E-state index in [4.69, 9.17) is 10.6 Å². The zero-order valence-electron chi connectivity index (χ0n) is 9.97. The Balaban J connectivity index is 2.18. The molecule has 2 heterocycles. The topological polar surface area (TPSA) is 64.6 Å². The van der Waals surface area contributed by atoms with Crippen LogP contribution in [-0.4, -0.2) is 23.3 Å². The summed E-state index contributed by atoms with van der Waals surface area (Å²) in [6, 6.07) is 6.12. The van der Waals surface area contributed by atoms with E-state index < -0.39 is 0 Å². The Kier molecular flexibility index (Phi) is 4.08. The van der Waals surface area contributed by atoms with Crippen LogP contribution in [0.15, 0.2) is 30.6 Å². The molecule has 1 unspecified atom stereocenters. The molecule has 1 atom stereocenters. The van der Waals surface area contributed by atoms with Crippen LogP contribution < -0.4 is 11.3 Å². The second-order valence-electron chi connectivity index (χ2n) is 3.98. The summed E-state index contributed by atoms with van der Waals surface area (Å²) in [5.74, 6) is 5.61. The highest BCUT2D eigenvalue weighted by Gasteiger charge is 2.14. The minimum absolute atomic E-state index is 0.116. The van der Waals surface area contributed by atoms with Gasteiger partial charge in [0, 0.05) is 31.5 Å². The zero-order chi connectivity index (χ0) is 12.1. The zero-order valence-corrected chi connectivity index (χ0v) is 9.97. The van der Waals surface area contributed by atoms with Gasteiger partial charge in [-0.2, -0.15) is 5.10 Å². The SMILES string of the molecule is COCCCC(NN)c1cnn2ccccc12. The molecule has 0 radical (unpaired) electrons. The molecular weight excluding hydrogens is 216 g/mol. The molecule has 0 aliphatic heterocycles. The summed E-state index contributed by atoms with van der Waals surface area (Å²) in [6.45, 7) is 0.747. The van der Waals surface area contributed by atoms with Gasteiger partial charge in [0.25, 0.3) is 0 Å². The highest BCUT2D eigenvalue weighted by atomic mass is 16.5. The Morgan fingerprint density at radius 1 is 1.53 bits per heavy atom. The Morgan fingerprint density at radius 3 is 3.18 bits per heavy atom. The molecule has 17 heavy (non-hydrogen) atoms. The molecular formula is C12H18N4O. The van der Waals surface area contributed by atoms with Crippen molar-refractivity contribution in [2.75, 3.05) is 13.7 Å². The lowest BCUT2D eigenvalue weighted by atomic mass is 10.0. The molecule has 0 aliphatic carbocycles. The number of hydrogen-bond donors (Lipinski definition) is 2. The summed E-state index contributed by atoms with van der Waals surface area (Å²) in [5.41, 5.74) is 5.07. The van der Waals surface area contributed by atoms with Gasteiger partial charge in [-0.25, -0.2) is 4.52 Å². The molecule has 0 fully saturated rings. The number of nitrogens with zero attached hydrogens (tertiary/aromatic N) is 2. The first-order valence-electron chi connectivity index (χ1n) is 5.74. The van der Waals surface area contributed by atoms with Crippen LogP contribution in [0.3, 0.4) is 0 Å². The summed E-state index contributed by atoms with van der Waals surface area (Å²) >= 11 is 0. The van der Waals surface area contributed by atoms with Crippen molar-refractivity contribution in [2.45, 2.75) is 18.9 Å². The third-order valence-corrected chi connectivity index (χ3v) is 2.87. The molecule has 92 valence electrons. The Bertz CT molecular complexity index is 468. The lowest BCUT2D eigenvalue weighted by Crippen LogP contribution is -2.28. The van der Waals surface area contributed by atoms with E-state index in [2.05, 4.69) is 10.5 Å². The summed E-state index contributed by atoms with van der Waals surface area (Å²) in [4.78, 5) is 0. The van der Waals surface area contributed by atoms with Crippen molar-refractivity contribution in [3.8, 4) is 0 Å². The van der Waals surface area contributed by atoms with Crippen molar-refractivity contribution in [1.29, 1.82) is 0 Å². The first kappa shape index (κ1) is 12.0. The van der Waals surface area contributed by atoms with Gasteiger partial charge in [-0.05, 0) is 25.0 Å². The first-order chi connectivity index (χ1) is 8.36. The number of pyridine rings is 1. The van der Waals surface area contributed by atoms with Crippen LogP contribution in [0.25, 0.3) is 5.52 Å². The molecule has 5 nitrogen and oxygen atoms in total. The lowest BCUT2D eigenvalue weighted by molar-refractivity contribution is 0.189. The quantitative estimate of drug-likeness (QED) is 0.449. The van der Waals surface area contributed by atoms with Gasteiger partial charge in [0.2, 0.25) is 0 Å². The van der Waals surface area contributed by atoms with Crippen LogP contribution in [0.2, 0.25) is 0 Å². The van der Waals surface area contributed by atoms with E-state index in [-0.39, 0.29) is 6.04 Å². The van der Waals surface area contributed by atoms with Crippen molar-refractivity contribution in [3.05, 3.63) is 36.2 Å². The molecule has 0 amide bonds. The maximum atomic E-state index is 5.61. The second kappa shape index (κ2) is 5.77. The summed E-state index contributed by atoms with van der Waals surface area (Å²) < 4.78 is 6.91. The molecule has 0 aliphatic rings. The number of fused-ring (bicyclic) bond motifs is 1. The van der Waals surface area contributed by atoms with E-state index in [1.165, 1.54) is 0 Å². The van der Waals surface area contributed by atoms with Crippen LogP contribution in [0.1, 0.15) is 24.4 Å². The van der Waals surface area contributed by atoms with Crippen LogP contribution >= 0.6 is 0 Å². The Morgan fingerprint density at radius 2 is 2.41 bits per heavy atom. The van der Waals surface area contributed by atoms with Crippen molar-refractivity contribution < 1.29 is 4.74 Å². The monoisotopic (exact) mass is 234 g/mol. The van der Waals surface area contributed by atoms with Gasteiger partial charge in [0.1, 0.15) is 0 Å². The van der Waals surface area contributed by atoms with Crippen LogP contribution in [0, 0.1) is 0 Å². The number of hydrazine groups is 1. The normalized spacial score (nSPS) is 13.1.